The van der Waals surface area contributed by atoms with E-state index in [1.54, 1.807) is 24.3 Å². The lowest BCUT2D eigenvalue weighted by Crippen LogP contribution is -2.10. The first-order valence-corrected chi connectivity index (χ1v) is 11.5. The first kappa shape index (κ1) is 23.4. The first-order chi connectivity index (χ1) is 18.0. The molecule has 0 aliphatic rings. The van der Waals surface area contributed by atoms with Crippen molar-refractivity contribution in [3.8, 4) is 22.3 Å². The van der Waals surface area contributed by atoms with Crippen LogP contribution in [-0.4, -0.2) is 9.85 Å². The minimum atomic E-state index is -0.445. The van der Waals surface area contributed by atoms with Crippen LogP contribution in [0.15, 0.2) is 127 Å². The van der Waals surface area contributed by atoms with Gasteiger partial charge in [0.1, 0.15) is 0 Å². The van der Waals surface area contributed by atoms with Crippen molar-refractivity contribution in [1.82, 2.24) is 0 Å². The van der Waals surface area contributed by atoms with E-state index in [-0.39, 0.29) is 11.4 Å². The van der Waals surface area contributed by atoms with Crippen molar-refractivity contribution in [2.24, 2.45) is 0 Å². The summed E-state index contributed by atoms with van der Waals surface area (Å²) < 4.78 is 0. The molecule has 0 amide bonds. The second-order valence-electron chi connectivity index (χ2n) is 8.38. The maximum Gasteiger partial charge on any atom is 0.269 e. The topological polar surface area (TPSA) is 89.5 Å². The molecule has 5 rings (SSSR count). The maximum absolute atomic E-state index is 11.2. The molecule has 0 heterocycles. The number of nitrogens with zero attached hydrogens (tertiary/aromatic N) is 3. The fourth-order valence-corrected chi connectivity index (χ4v) is 4.20. The van der Waals surface area contributed by atoms with Crippen molar-refractivity contribution in [3.05, 3.63) is 148 Å². The Morgan fingerprint density at radius 1 is 0.432 bits per heavy atom. The van der Waals surface area contributed by atoms with Gasteiger partial charge in [0.25, 0.3) is 11.4 Å². The Morgan fingerprint density at radius 3 is 1.35 bits per heavy atom. The van der Waals surface area contributed by atoms with Crippen LogP contribution >= 0.6 is 0 Å². The summed E-state index contributed by atoms with van der Waals surface area (Å²) in [5, 5.41) is 22.3. The van der Waals surface area contributed by atoms with E-state index in [1.807, 2.05) is 47.4 Å². The van der Waals surface area contributed by atoms with E-state index in [1.165, 1.54) is 24.3 Å². The van der Waals surface area contributed by atoms with E-state index in [0.717, 1.165) is 27.9 Å². The van der Waals surface area contributed by atoms with Crippen molar-refractivity contribution in [2.75, 3.05) is 4.90 Å². The zero-order valence-corrected chi connectivity index (χ0v) is 19.6. The third-order valence-corrected chi connectivity index (χ3v) is 6.07. The number of benzene rings is 5. The lowest BCUT2D eigenvalue weighted by molar-refractivity contribution is -0.385. The highest BCUT2D eigenvalue weighted by Crippen LogP contribution is 2.38. The van der Waals surface area contributed by atoms with E-state index in [9.17, 15) is 20.2 Å². The molecule has 0 spiro atoms. The summed E-state index contributed by atoms with van der Waals surface area (Å²) in [7, 11) is 0. The molecule has 0 saturated carbocycles. The number of non-ortho nitro benzene ring substituents is 2. The molecule has 0 radical (unpaired) electrons. The number of nitro benzene ring substituents is 2. The van der Waals surface area contributed by atoms with Crippen molar-refractivity contribution in [3.63, 3.8) is 0 Å². The zero-order valence-electron chi connectivity index (χ0n) is 19.6. The van der Waals surface area contributed by atoms with Crippen LogP contribution in [0.2, 0.25) is 0 Å². The molecule has 0 atom stereocenters. The number of rotatable bonds is 7. The Labute approximate surface area is 213 Å². The second kappa shape index (κ2) is 10.1. The highest BCUT2D eigenvalue weighted by molar-refractivity contribution is 5.81. The highest BCUT2D eigenvalue weighted by Gasteiger charge is 2.16. The molecule has 0 fully saturated rings. The SMILES string of the molecule is O=[N+]([O-])c1ccc(N(c2ccc([N+](=O)[O-])cc2)c2cccc(-c3ccc(-c4ccccc4)cc3)c2)cc1. The molecule has 180 valence electrons. The molecule has 37 heavy (non-hydrogen) atoms. The van der Waals surface area contributed by atoms with E-state index in [4.69, 9.17) is 0 Å². The highest BCUT2D eigenvalue weighted by atomic mass is 16.6. The van der Waals surface area contributed by atoms with E-state index in [0.29, 0.717) is 11.4 Å². The van der Waals surface area contributed by atoms with Crippen LogP contribution in [0, 0.1) is 20.2 Å². The van der Waals surface area contributed by atoms with Crippen LogP contribution in [-0.2, 0) is 0 Å². The molecule has 0 aliphatic carbocycles. The fraction of sp³-hybridized carbons (Fsp3) is 0. The third kappa shape index (κ3) is 5.06. The summed E-state index contributed by atoms with van der Waals surface area (Å²) in [6.07, 6.45) is 0. The minimum absolute atomic E-state index is 0.0142. The lowest BCUT2D eigenvalue weighted by atomic mass is 10.00. The van der Waals surface area contributed by atoms with Gasteiger partial charge in [0, 0.05) is 41.3 Å². The Kier molecular flexibility index (Phi) is 6.42. The quantitative estimate of drug-likeness (QED) is 0.170. The molecule has 0 aliphatic heterocycles. The maximum atomic E-state index is 11.2. The van der Waals surface area contributed by atoms with E-state index in [2.05, 4.69) is 36.4 Å². The average molecular weight is 488 g/mol. The molecule has 0 aromatic heterocycles. The minimum Gasteiger partial charge on any atom is -0.310 e. The van der Waals surface area contributed by atoms with E-state index >= 15 is 0 Å². The largest absolute Gasteiger partial charge is 0.310 e. The fourth-order valence-electron chi connectivity index (χ4n) is 4.20. The first-order valence-electron chi connectivity index (χ1n) is 11.5. The van der Waals surface area contributed by atoms with Crippen LogP contribution in [0.3, 0.4) is 0 Å². The van der Waals surface area contributed by atoms with Crippen molar-refractivity contribution in [2.45, 2.75) is 0 Å². The van der Waals surface area contributed by atoms with Crippen molar-refractivity contribution >= 4 is 28.4 Å². The van der Waals surface area contributed by atoms with Gasteiger partial charge in [-0.2, -0.15) is 0 Å². The van der Waals surface area contributed by atoms with Gasteiger partial charge in [-0.3, -0.25) is 20.2 Å². The summed E-state index contributed by atoms with van der Waals surface area (Å²) in [4.78, 5) is 23.4. The van der Waals surface area contributed by atoms with Gasteiger partial charge in [0.05, 0.1) is 9.85 Å². The van der Waals surface area contributed by atoms with Crippen LogP contribution in [0.5, 0.6) is 0 Å². The Morgan fingerprint density at radius 2 is 0.865 bits per heavy atom. The van der Waals surface area contributed by atoms with Gasteiger partial charge < -0.3 is 4.90 Å². The van der Waals surface area contributed by atoms with Gasteiger partial charge in [0.15, 0.2) is 0 Å². The standard InChI is InChI=1S/C30H21N3O4/c34-32(35)28-17-13-26(14-18-28)31(27-15-19-29(20-16-27)33(36)37)30-8-4-7-25(21-30)24-11-9-23(10-12-24)22-5-2-1-3-6-22/h1-21H. The summed E-state index contributed by atoms with van der Waals surface area (Å²) in [6, 6.07) is 38.8. The Balaban J connectivity index is 1.54. The molecule has 5 aromatic rings. The smallest absolute Gasteiger partial charge is 0.269 e. The monoisotopic (exact) mass is 487 g/mol. The number of hydrogen-bond acceptors (Lipinski definition) is 5. The summed E-state index contributed by atoms with van der Waals surface area (Å²) in [6.45, 7) is 0. The van der Waals surface area contributed by atoms with Gasteiger partial charge in [-0.05, 0) is 58.7 Å². The molecule has 7 heteroatoms. The summed E-state index contributed by atoms with van der Waals surface area (Å²) in [5.74, 6) is 0. The molecule has 0 saturated heterocycles. The number of nitro groups is 2. The molecule has 0 N–H and O–H groups in total. The molecule has 5 aromatic carbocycles. The van der Waals surface area contributed by atoms with Crippen LogP contribution in [0.4, 0.5) is 28.4 Å². The van der Waals surface area contributed by atoms with Gasteiger partial charge >= 0.3 is 0 Å². The molecule has 0 bridgehead atoms. The molecule has 7 nitrogen and oxygen atoms in total. The molecular formula is C30H21N3O4. The van der Waals surface area contributed by atoms with Gasteiger partial charge in [-0.1, -0.05) is 66.7 Å². The van der Waals surface area contributed by atoms with Crippen LogP contribution in [0.1, 0.15) is 0 Å². The molecule has 0 unspecified atom stereocenters. The van der Waals surface area contributed by atoms with Crippen molar-refractivity contribution in [1.29, 1.82) is 0 Å². The Bertz CT molecular complexity index is 1490. The number of hydrogen-bond donors (Lipinski definition) is 0. The van der Waals surface area contributed by atoms with E-state index < -0.39 is 9.85 Å². The summed E-state index contributed by atoms with van der Waals surface area (Å²) >= 11 is 0. The average Bonchev–Trinajstić information content (AvgIpc) is 2.94. The third-order valence-electron chi connectivity index (χ3n) is 6.07. The summed E-state index contributed by atoms with van der Waals surface area (Å²) in [5.41, 5.74) is 6.46. The lowest BCUT2D eigenvalue weighted by Gasteiger charge is -2.25. The van der Waals surface area contributed by atoms with Crippen LogP contribution in [0.25, 0.3) is 22.3 Å². The van der Waals surface area contributed by atoms with Gasteiger partial charge in [0.2, 0.25) is 0 Å². The molecular weight excluding hydrogens is 466 g/mol. The number of anilines is 3. The van der Waals surface area contributed by atoms with Crippen molar-refractivity contribution < 1.29 is 9.85 Å². The van der Waals surface area contributed by atoms with Crippen LogP contribution < -0.4 is 4.90 Å². The normalized spacial score (nSPS) is 10.6. The Hall–Kier alpha value is -5.30. The van der Waals surface area contributed by atoms with Gasteiger partial charge in [-0.25, -0.2) is 0 Å². The predicted molar refractivity (Wildman–Crippen MR) is 145 cm³/mol. The zero-order chi connectivity index (χ0) is 25.8. The predicted octanol–water partition coefficient (Wildman–Crippen LogP) is 8.31. The van der Waals surface area contributed by atoms with Gasteiger partial charge in [-0.15, -0.1) is 0 Å². The second-order valence-corrected chi connectivity index (χ2v) is 8.38.